The molecule has 1 saturated heterocycles. The summed E-state index contributed by atoms with van der Waals surface area (Å²) in [7, 11) is -1.19. The molecule has 0 aromatic heterocycles. The quantitative estimate of drug-likeness (QED) is 0.409. The zero-order valence-corrected chi connectivity index (χ0v) is 17.9. The zero-order valence-electron chi connectivity index (χ0n) is 17.9. The molecule has 0 aliphatic carbocycles. The molecule has 3 aliphatic rings. The Kier molecular flexibility index (Phi) is 6.76. The lowest BCUT2D eigenvalue weighted by Gasteiger charge is -2.28. The highest BCUT2D eigenvalue weighted by molar-refractivity contribution is 6.47. The minimum atomic E-state index is -1.19. The summed E-state index contributed by atoms with van der Waals surface area (Å²) in [4.78, 5) is 36.8. The number of carbonyl (C=O) groups excluding carboxylic acids is 3. The molecule has 168 valence electrons. The Morgan fingerprint density at radius 3 is 2.91 bits per heavy atom. The SMILES string of the molecule is CC(=O)c1cccc2c1OB(O)[C@@H](CC(=O)CC1=NN=NC1CC(=O)N[C@H]1CCNC1)C2. The summed E-state index contributed by atoms with van der Waals surface area (Å²) in [5.41, 5.74) is 1.67. The number of benzene rings is 1. The molecule has 1 aromatic rings. The van der Waals surface area contributed by atoms with Gasteiger partial charge in [0.1, 0.15) is 17.6 Å². The predicted molar refractivity (Wildman–Crippen MR) is 117 cm³/mol. The summed E-state index contributed by atoms with van der Waals surface area (Å²) in [5.74, 6) is -0.476. The van der Waals surface area contributed by atoms with E-state index < -0.39 is 19.0 Å². The Hall–Kier alpha value is -2.92. The molecule has 1 amide bonds. The van der Waals surface area contributed by atoms with Crippen molar-refractivity contribution in [2.75, 3.05) is 13.1 Å². The van der Waals surface area contributed by atoms with E-state index in [9.17, 15) is 19.4 Å². The molecular weight excluding hydrogens is 413 g/mol. The van der Waals surface area contributed by atoms with E-state index in [4.69, 9.17) is 4.65 Å². The van der Waals surface area contributed by atoms with Gasteiger partial charge in [-0.3, -0.25) is 14.4 Å². The van der Waals surface area contributed by atoms with Gasteiger partial charge in [-0.15, -0.1) is 5.10 Å². The zero-order chi connectivity index (χ0) is 22.7. The average molecular weight is 439 g/mol. The molecule has 1 fully saturated rings. The lowest BCUT2D eigenvalue weighted by atomic mass is 9.64. The first kappa shape index (κ1) is 22.3. The van der Waals surface area contributed by atoms with Gasteiger partial charge < -0.3 is 20.3 Å². The molecule has 32 heavy (non-hydrogen) atoms. The van der Waals surface area contributed by atoms with Gasteiger partial charge in [-0.1, -0.05) is 12.1 Å². The Labute approximate surface area is 186 Å². The van der Waals surface area contributed by atoms with Crippen LogP contribution in [0.4, 0.5) is 0 Å². The number of para-hydroxylation sites is 1. The monoisotopic (exact) mass is 439 g/mol. The Morgan fingerprint density at radius 2 is 2.16 bits per heavy atom. The van der Waals surface area contributed by atoms with Gasteiger partial charge in [0, 0.05) is 31.2 Å². The summed E-state index contributed by atoms with van der Waals surface area (Å²) in [6.07, 6.45) is 1.50. The van der Waals surface area contributed by atoms with Crippen molar-refractivity contribution in [2.45, 2.75) is 56.9 Å². The molecule has 3 aliphatic heterocycles. The lowest BCUT2D eigenvalue weighted by Crippen LogP contribution is -2.39. The van der Waals surface area contributed by atoms with Crippen molar-refractivity contribution in [3.05, 3.63) is 29.3 Å². The number of Topliss-reactive ketones (excluding diaryl/α,β-unsaturated/α-hetero) is 2. The molecule has 3 N–H and O–H groups in total. The van der Waals surface area contributed by atoms with Crippen LogP contribution in [0.25, 0.3) is 0 Å². The van der Waals surface area contributed by atoms with Gasteiger partial charge in [0.2, 0.25) is 5.91 Å². The van der Waals surface area contributed by atoms with Gasteiger partial charge >= 0.3 is 7.12 Å². The number of hydrogen-bond acceptors (Lipinski definition) is 9. The van der Waals surface area contributed by atoms with E-state index in [2.05, 4.69) is 26.1 Å². The van der Waals surface area contributed by atoms with Gasteiger partial charge in [0.15, 0.2) is 5.78 Å². The van der Waals surface area contributed by atoms with Crippen molar-refractivity contribution in [1.82, 2.24) is 10.6 Å². The van der Waals surface area contributed by atoms with Gasteiger partial charge in [0.25, 0.3) is 0 Å². The number of rotatable bonds is 8. The number of ketones is 2. The smallest absolute Gasteiger partial charge is 0.526 e. The molecule has 0 spiro atoms. The van der Waals surface area contributed by atoms with E-state index in [1.54, 1.807) is 12.1 Å². The van der Waals surface area contributed by atoms with E-state index in [0.29, 0.717) is 23.4 Å². The minimum absolute atomic E-state index is 0.0134. The van der Waals surface area contributed by atoms with Crippen LogP contribution in [0.15, 0.2) is 33.6 Å². The van der Waals surface area contributed by atoms with Crippen LogP contribution in [0.3, 0.4) is 0 Å². The maximum absolute atomic E-state index is 12.7. The fourth-order valence-corrected chi connectivity index (χ4v) is 4.33. The van der Waals surface area contributed by atoms with E-state index in [0.717, 1.165) is 25.1 Å². The van der Waals surface area contributed by atoms with Crippen LogP contribution >= 0.6 is 0 Å². The van der Waals surface area contributed by atoms with Crippen LogP contribution in [-0.4, -0.2) is 60.5 Å². The molecule has 0 radical (unpaired) electrons. The van der Waals surface area contributed by atoms with E-state index in [1.807, 2.05) is 6.07 Å². The van der Waals surface area contributed by atoms with E-state index in [1.165, 1.54) is 6.92 Å². The van der Waals surface area contributed by atoms with Crippen molar-refractivity contribution in [1.29, 1.82) is 0 Å². The third-order valence-electron chi connectivity index (χ3n) is 6.02. The summed E-state index contributed by atoms with van der Waals surface area (Å²) in [6, 6.07) is 4.83. The van der Waals surface area contributed by atoms with Crippen LogP contribution in [0.1, 0.15) is 48.5 Å². The summed E-state index contributed by atoms with van der Waals surface area (Å²) in [6.45, 7) is 3.08. The van der Waals surface area contributed by atoms with E-state index >= 15 is 0 Å². The average Bonchev–Trinajstić information content (AvgIpc) is 3.40. The summed E-state index contributed by atoms with van der Waals surface area (Å²) in [5, 5.41) is 28.2. The van der Waals surface area contributed by atoms with Gasteiger partial charge in [0.05, 0.1) is 17.7 Å². The van der Waals surface area contributed by atoms with E-state index in [-0.39, 0.29) is 42.8 Å². The molecule has 0 bridgehead atoms. The highest BCUT2D eigenvalue weighted by Gasteiger charge is 2.38. The largest absolute Gasteiger partial charge is 0.535 e. The van der Waals surface area contributed by atoms with Crippen LogP contribution in [0.2, 0.25) is 5.82 Å². The third-order valence-corrected chi connectivity index (χ3v) is 6.02. The topological polar surface area (TPSA) is 142 Å². The second-order valence-corrected chi connectivity index (χ2v) is 8.52. The maximum Gasteiger partial charge on any atom is 0.526 e. The fourth-order valence-electron chi connectivity index (χ4n) is 4.33. The standard InChI is InChI=1S/C21H26BN5O5/c1-12(28)17-4-2-3-13-7-14(22(31)32-21(13)17)8-16(29)9-18-19(26-27-25-18)10-20(30)24-15-5-6-23-11-15/h2-4,14-15,19,23,31H,5-11H2,1H3,(H,24,30)/t14-,15+,19?/m1/s1. The number of amides is 1. The van der Waals surface area contributed by atoms with Gasteiger partial charge in [-0.2, -0.15) is 5.11 Å². The second-order valence-electron chi connectivity index (χ2n) is 8.52. The minimum Gasteiger partial charge on any atom is -0.535 e. The molecule has 0 saturated carbocycles. The first-order valence-electron chi connectivity index (χ1n) is 10.9. The molecule has 1 unspecified atom stereocenters. The van der Waals surface area contributed by atoms with Gasteiger partial charge in [-0.25, -0.2) is 0 Å². The number of nitrogens with one attached hydrogen (secondary N) is 2. The number of fused-ring (bicyclic) bond motifs is 1. The fraction of sp³-hybridized carbons (Fsp3) is 0.524. The highest BCUT2D eigenvalue weighted by atomic mass is 16.5. The van der Waals surface area contributed by atoms with Crippen molar-refractivity contribution >= 4 is 30.3 Å². The molecule has 11 heteroatoms. The predicted octanol–water partition coefficient (Wildman–Crippen LogP) is 1.08. The van der Waals surface area contributed by atoms with Crippen molar-refractivity contribution in [3.8, 4) is 5.75 Å². The molecule has 10 nitrogen and oxygen atoms in total. The molecule has 4 rings (SSSR count). The Morgan fingerprint density at radius 1 is 1.31 bits per heavy atom. The molecular formula is C21H26BN5O5. The third kappa shape index (κ3) is 5.10. The van der Waals surface area contributed by atoms with Crippen molar-refractivity contribution in [2.24, 2.45) is 15.4 Å². The molecule has 3 heterocycles. The molecule has 3 atom stereocenters. The van der Waals surface area contributed by atoms with Crippen molar-refractivity contribution < 1.29 is 24.1 Å². The summed E-state index contributed by atoms with van der Waals surface area (Å²) < 4.78 is 5.60. The first-order chi connectivity index (χ1) is 15.4. The van der Waals surface area contributed by atoms with Gasteiger partial charge in [-0.05, 0) is 43.2 Å². The Bertz CT molecular complexity index is 975. The summed E-state index contributed by atoms with van der Waals surface area (Å²) >= 11 is 0. The van der Waals surface area contributed by atoms with Crippen LogP contribution in [0, 0.1) is 0 Å². The lowest BCUT2D eigenvalue weighted by molar-refractivity contribution is -0.122. The van der Waals surface area contributed by atoms with Crippen LogP contribution < -0.4 is 15.3 Å². The second kappa shape index (κ2) is 9.70. The Balaban J connectivity index is 1.32. The number of carbonyl (C=O) groups is 3. The molecule has 1 aromatic carbocycles. The van der Waals surface area contributed by atoms with Crippen LogP contribution in [-0.2, 0) is 16.0 Å². The van der Waals surface area contributed by atoms with Crippen molar-refractivity contribution in [3.63, 3.8) is 0 Å². The maximum atomic E-state index is 12.7. The highest BCUT2D eigenvalue weighted by Crippen LogP contribution is 2.36. The first-order valence-corrected chi connectivity index (χ1v) is 10.9. The number of nitrogens with zero attached hydrogens (tertiary/aromatic N) is 3. The van der Waals surface area contributed by atoms with Crippen LogP contribution in [0.5, 0.6) is 5.75 Å². The number of hydrogen-bond donors (Lipinski definition) is 3. The normalized spacial score (nSPS) is 24.0.